The maximum atomic E-state index is 9.05. The third-order valence-corrected chi connectivity index (χ3v) is 2.55. The van der Waals surface area contributed by atoms with Crippen LogP contribution in [0.1, 0.15) is 19.0 Å². The second-order valence-corrected chi connectivity index (χ2v) is 3.93. The molecule has 1 heterocycles. The Hall–Kier alpha value is -2.55. The molecule has 2 aromatic rings. The molecule has 6 heteroatoms. The van der Waals surface area contributed by atoms with Crippen LogP contribution in [0.15, 0.2) is 24.3 Å². The molecule has 1 aromatic heterocycles. The van der Waals surface area contributed by atoms with Crippen molar-refractivity contribution in [3.63, 3.8) is 0 Å². The van der Waals surface area contributed by atoms with E-state index in [1.165, 1.54) is 4.80 Å². The van der Waals surface area contributed by atoms with Crippen LogP contribution in [0.2, 0.25) is 0 Å². The van der Waals surface area contributed by atoms with Crippen LogP contribution in [0.5, 0.6) is 5.75 Å². The van der Waals surface area contributed by atoms with Crippen LogP contribution >= 0.6 is 0 Å². The van der Waals surface area contributed by atoms with Crippen molar-refractivity contribution in [2.45, 2.75) is 13.3 Å². The lowest BCUT2D eigenvalue weighted by atomic mass is 10.3. The number of rotatable bonds is 5. The summed E-state index contributed by atoms with van der Waals surface area (Å²) in [5.74, 6) is 1.23. The molecule has 98 valence electrons. The highest BCUT2D eigenvalue weighted by Crippen LogP contribution is 2.17. The Kier molecular flexibility index (Phi) is 3.98. The first-order valence-electron chi connectivity index (χ1n) is 6.04. The van der Waals surface area contributed by atoms with Gasteiger partial charge in [-0.25, -0.2) is 0 Å². The molecule has 0 aliphatic carbocycles. The fourth-order valence-electron chi connectivity index (χ4n) is 1.59. The van der Waals surface area contributed by atoms with E-state index in [2.05, 4.69) is 15.5 Å². The van der Waals surface area contributed by atoms with Crippen LogP contribution in [0, 0.1) is 11.3 Å². The Morgan fingerprint density at radius 2 is 2.26 bits per heavy atom. The van der Waals surface area contributed by atoms with E-state index in [0.29, 0.717) is 5.82 Å². The average Bonchev–Trinajstić information content (AvgIpc) is 2.88. The summed E-state index contributed by atoms with van der Waals surface area (Å²) in [5, 5.41) is 20.6. The SMILES string of the molecule is CCCNc1nn(-c2cccc(OC)c2)nc1C#N. The predicted molar refractivity (Wildman–Crippen MR) is 71.4 cm³/mol. The summed E-state index contributed by atoms with van der Waals surface area (Å²) in [7, 11) is 1.60. The number of hydrogen-bond donors (Lipinski definition) is 1. The van der Waals surface area contributed by atoms with Gasteiger partial charge in [0.2, 0.25) is 5.69 Å². The fourth-order valence-corrected chi connectivity index (χ4v) is 1.59. The van der Waals surface area contributed by atoms with Gasteiger partial charge < -0.3 is 10.1 Å². The zero-order chi connectivity index (χ0) is 13.7. The molecule has 0 unspecified atom stereocenters. The van der Waals surface area contributed by atoms with Crippen LogP contribution in [-0.4, -0.2) is 28.6 Å². The molecule has 0 radical (unpaired) electrons. The average molecular weight is 257 g/mol. The largest absolute Gasteiger partial charge is 0.497 e. The van der Waals surface area contributed by atoms with Crippen molar-refractivity contribution in [2.24, 2.45) is 0 Å². The van der Waals surface area contributed by atoms with Gasteiger partial charge in [0.15, 0.2) is 5.82 Å². The highest BCUT2D eigenvalue weighted by molar-refractivity contribution is 5.48. The van der Waals surface area contributed by atoms with E-state index in [9.17, 15) is 0 Å². The van der Waals surface area contributed by atoms with E-state index in [1.54, 1.807) is 7.11 Å². The standard InChI is InChI=1S/C13H15N5O/c1-3-7-15-13-12(9-14)16-18(17-13)10-5-4-6-11(8-10)19-2/h4-6,8H,3,7H2,1-2H3,(H,15,17). The molecular weight excluding hydrogens is 242 g/mol. The Bertz CT molecular complexity index is 599. The summed E-state index contributed by atoms with van der Waals surface area (Å²) in [6.45, 7) is 2.80. The van der Waals surface area contributed by atoms with Crippen molar-refractivity contribution in [2.75, 3.05) is 19.0 Å². The van der Waals surface area contributed by atoms with Gasteiger partial charge >= 0.3 is 0 Å². The quantitative estimate of drug-likeness (QED) is 0.886. The molecule has 1 aromatic carbocycles. The summed E-state index contributed by atoms with van der Waals surface area (Å²) in [6, 6.07) is 9.39. The molecule has 19 heavy (non-hydrogen) atoms. The number of aromatic nitrogens is 3. The molecule has 0 fully saturated rings. The summed E-state index contributed by atoms with van der Waals surface area (Å²) in [4.78, 5) is 1.43. The molecule has 0 aliphatic rings. The first-order chi connectivity index (χ1) is 9.28. The number of benzene rings is 1. The Labute approximate surface area is 111 Å². The lowest BCUT2D eigenvalue weighted by Crippen LogP contribution is -2.03. The molecule has 0 saturated carbocycles. The Morgan fingerprint density at radius 3 is 2.95 bits per heavy atom. The Balaban J connectivity index is 2.34. The van der Waals surface area contributed by atoms with Crippen molar-refractivity contribution < 1.29 is 4.74 Å². The molecule has 0 atom stereocenters. The summed E-state index contributed by atoms with van der Waals surface area (Å²) >= 11 is 0. The number of ether oxygens (including phenoxy) is 1. The first kappa shape index (κ1) is 12.9. The topological polar surface area (TPSA) is 75.8 Å². The van der Waals surface area contributed by atoms with E-state index in [0.717, 1.165) is 24.4 Å². The molecule has 0 spiro atoms. The minimum atomic E-state index is 0.288. The summed E-state index contributed by atoms with van der Waals surface area (Å²) in [5.41, 5.74) is 1.04. The molecule has 0 aliphatic heterocycles. The summed E-state index contributed by atoms with van der Waals surface area (Å²) < 4.78 is 5.16. The lowest BCUT2D eigenvalue weighted by Gasteiger charge is -2.02. The van der Waals surface area contributed by atoms with E-state index < -0.39 is 0 Å². The normalized spacial score (nSPS) is 9.95. The van der Waals surface area contributed by atoms with Gasteiger partial charge in [0, 0.05) is 12.6 Å². The molecule has 0 saturated heterocycles. The molecule has 0 bridgehead atoms. The van der Waals surface area contributed by atoms with Gasteiger partial charge in [-0.05, 0) is 18.6 Å². The smallest absolute Gasteiger partial charge is 0.207 e. The second kappa shape index (κ2) is 5.87. The van der Waals surface area contributed by atoms with E-state index in [1.807, 2.05) is 37.3 Å². The number of hydrogen-bond acceptors (Lipinski definition) is 5. The molecular formula is C13H15N5O. The molecule has 6 nitrogen and oxygen atoms in total. The molecule has 0 amide bonds. The third-order valence-electron chi connectivity index (χ3n) is 2.55. The highest BCUT2D eigenvalue weighted by atomic mass is 16.5. The highest BCUT2D eigenvalue weighted by Gasteiger charge is 2.11. The van der Waals surface area contributed by atoms with Gasteiger partial charge in [-0.2, -0.15) is 5.26 Å². The van der Waals surface area contributed by atoms with Crippen LogP contribution in [0.25, 0.3) is 5.69 Å². The van der Waals surface area contributed by atoms with Gasteiger partial charge in [0.25, 0.3) is 0 Å². The van der Waals surface area contributed by atoms with E-state index in [4.69, 9.17) is 10.00 Å². The number of nitriles is 1. The van der Waals surface area contributed by atoms with E-state index >= 15 is 0 Å². The van der Waals surface area contributed by atoms with Gasteiger partial charge in [0.1, 0.15) is 11.8 Å². The lowest BCUT2D eigenvalue weighted by molar-refractivity contribution is 0.414. The van der Waals surface area contributed by atoms with Gasteiger partial charge in [-0.3, -0.25) is 0 Å². The fraction of sp³-hybridized carbons (Fsp3) is 0.308. The number of anilines is 1. The maximum absolute atomic E-state index is 9.05. The Morgan fingerprint density at radius 1 is 1.42 bits per heavy atom. The first-order valence-corrected chi connectivity index (χ1v) is 6.04. The van der Waals surface area contributed by atoms with Crippen LogP contribution in [0.3, 0.4) is 0 Å². The maximum Gasteiger partial charge on any atom is 0.207 e. The van der Waals surface area contributed by atoms with Crippen molar-refractivity contribution in [1.82, 2.24) is 15.0 Å². The minimum Gasteiger partial charge on any atom is -0.497 e. The van der Waals surface area contributed by atoms with Gasteiger partial charge in [0.05, 0.1) is 12.8 Å². The second-order valence-electron chi connectivity index (χ2n) is 3.93. The molecule has 2 rings (SSSR count). The monoisotopic (exact) mass is 257 g/mol. The predicted octanol–water partition coefficient (Wildman–Crippen LogP) is 1.97. The third kappa shape index (κ3) is 2.83. The van der Waals surface area contributed by atoms with Crippen LogP contribution in [0.4, 0.5) is 5.82 Å². The zero-order valence-corrected chi connectivity index (χ0v) is 10.9. The number of nitrogens with zero attached hydrogens (tertiary/aromatic N) is 4. The van der Waals surface area contributed by atoms with Gasteiger partial charge in [-0.1, -0.05) is 13.0 Å². The van der Waals surface area contributed by atoms with Crippen molar-refractivity contribution in [1.29, 1.82) is 5.26 Å². The van der Waals surface area contributed by atoms with Crippen LogP contribution in [-0.2, 0) is 0 Å². The minimum absolute atomic E-state index is 0.288. The molecule has 1 N–H and O–H groups in total. The van der Waals surface area contributed by atoms with Crippen molar-refractivity contribution >= 4 is 5.82 Å². The number of nitrogens with one attached hydrogen (secondary N) is 1. The number of methoxy groups -OCH3 is 1. The zero-order valence-electron chi connectivity index (χ0n) is 10.9. The van der Waals surface area contributed by atoms with E-state index in [-0.39, 0.29) is 5.69 Å². The van der Waals surface area contributed by atoms with Crippen molar-refractivity contribution in [3.8, 4) is 17.5 Å². The summed E-state index contributed by atoms with van der Waals surface area (Å²) in [6.07, 6.45) is 0.955. The van der Waals surface area contributed by atoms with Crippen LogP contribution < -0.4 is 10.1 Å². The van der Waals surface area contributed by atoms with Crippen molar-refractivity contribution in [3.05, 3.63) is 30.0 Å². The van der Waals surface area contributed by atoms with Gasteiger partial charge in [-0.15, -0.1) is 15.0 Å².